The minimum Gasteiger partial charge on any atom is -0.496 e. The average molecular weight is 479 g/mol. The zero-order chi connectivity index (χ0) is 24.0. The number of anilines is 2. The summed E-state index contributed by atoms with van der Waals surface area (Å²) in [4.78, 5) is 2.04. The number of hydrogen-bond acceptors (Lipinski definition) is 5. The molecule has 0 spiro atoms. The molecule has 180 valence electrons. The Kier molecular flexibility index (Phi) is 7.97. The van der Waals surface area contributed by atoms with Crippen LogP contribution in [0.4, 0.5) is 11.4 Å². The molecule has 1 aliphatic carbocycles. The van der Waals surface area contributed by atoms with Crippen molar-refractivity contribution in [3.8, 4) is 5.75 Å². The maximum atomic E-state index is 15.2. The number of nitrogens with one attached hydrogen (secondary N) is 1. The van der Waals surface area contributed by atoms with E-state index in [2.05, 4.69) is 5.32 Å². The van der Waals surface area contributed by atoms with Gasteiger partial charge in [0.05, 0.1) is 13.2 Å². The Morgan fingerprint density at radius 3 is 2.18 bits per heavy atom. The van der Waals surface area contributed by atoms with Crippen LogP contribution in [-0.4, -0.2) is 27.3 Å². The minimum atomic E-state index is -3.44. The van der Waals surface area contributed by atoms with Crippen molar-refractivity contribution < 1.29 is 13.8 Å². The number of methoxy groups -OCH3 is 1. The Morgan fingerprint density at radius 2 is 1.53 bits per heavy atom. The zero-order valence-electron chi connectivity index (χ0n) is 20.3. The fourth-order valence-corrected chi connectivity index (χ4v) is 7.21. The van der Waals surface area contributed by atoms with Crippen LogP contribution >= 0.6 is 7.37 Å². The van der Waals surface area contributed by atoms with Crippen molar-refractivity contribution >= 4 is 24.0 Å². The summed E-state index contributed by atoms with van der Waals surface area (Å²) in [6, 6.07) is 25.6. The van der Waals surface area contributed by atoms with Gasteiger partial charge in [-0.2, -0.15) is 0 Å². The molecule has 0 bridgehead atoms. The number of nitrogens with zero attached hydrogens (tertiary/aromatic N) is 1. The lowest BCUT2D eigenvalue weighted by Gasteiger charge is -2.34. The van der Waals surface area contributed by atoms with E-state index in [1.165, 1.54) is 6.42 Å². The third-order valence-corrected chi connectivity index (χ3v) is 9.15. The number of rotatable bonds is 9. The lowest BCUT2D eigenvalue weighted by molar-refractivity contribution is 0.159. The first kappa shape index (κ1) is 24.4. The molecule has 0 aromatic heterocycles. The van der Waals surface area contributed by atoms with Crippen molar-refractivity contribution in [1.82, 2.24) is 0 Å². The second-order valence-electron chi connectivity index (χ2n) is 9.03. The summed E-state index contributed by atoms with van der Waals surface area (Å²) >= 11 is 0. The molecule has 0 aliphatic heterocycles. The Bertz CT molecular complexity index is 1100. The van der Waals surface area contributed by atoms with Gasteiger partial charge in [-0.3, -0.25) is 4.57 Å². The molecule has 0 amide bonds. The topological polar surface area (TPSA) is 50.8 Å². The van der Waals surface area contributed by atoms with E-state index in [0.29, 0.717) is 11.1 Å². The van der Waals surface area contributed by atoms with E-state index in [0.717, 1.165) is 42.6 Å². The number of hydrogen-bond donors (Lipinski definition) is 1. The van der Waals surface area contributed by atoms with Crippen LogP contribution in [-0.2, 0) is 9.09 Å². The van der Waals surface area contributed by atoms with Crippen molar-refractivity contribution in [2.24, 2.45) is 0 Å². The van der Waals surface area contributed by atoms with Crippen molar-refractivity contribution in [1.29, 1.82) is 0 Å². The van der Waals surface area contributed by atoms with Crippen molar-refractivity contribution in [2.75, 3.05) is 31.4 Å². The van der Waals surface area contributed by atoms with Gasteiger partial charge < -0.3 is 19.5 Å². The highest BCUT2D eigenvalue weighted by molar-refractivity contribution is 7.67. The molecule has 0 saturated heterocycles. The Hall–Kier alpha value is -2.75. The molecule has 1 saturated carbocycles. The lowest BCUT2D eigenvalue weighted by Crippen LogP contribution is -2.26. The first-order valence-corrected chi connectivity index (χ1v) is 13.7. The average Bonchev–Trinajstić information content (AvgIpc) is 2.88. The van der Waals surface area contributed by atoms with Gasteiger partial charge in [0.25, 0.3) is 7.37 Å². The molecule has 6 heteroatoms. The standard InChI is InChI=1S/C28H35N2O3P/c1-30(2)23-18-20-25(21-19-23)34(31,33-24-14-8-5-9-15-24)28(29-22-12-6-4-7-13-22)26-16-10-11-17-27(26)32-3/h4,6-7,10-13,16-21,24,28-29H,5,8-9,14-15H2,1-3H3. The van der Waals surface area contributed by atoms with Crippen LogP contribution in [0.25, 0.3) is 0 Å². The van der Waals surface area contributed by atoms with Gasteiger partial charge in [0.2, 0.25) is 0 Å². The molecule has 3 aromatic carbocycles. The quantitative estimate of drug-likeness (QED) is 0.342. The van der Waals surface area contributed by atoms with Crippen LogP contribution in [0.1, 0.15) is 43.5 Å². The van der Waals surface area contributed by atoms with Crippen molar-refractivity contribution in [3.63, 3.8) is 0 Å². The summed E-state index contributed by atoms with van der Waals surface area (Å²) in [6.07, 6.45) is 5.27. The second kappa shape index (κ2) is 11.1. The van der Waals surface area contributed by atoms with Crippen LogP contribution in [0.15, 0.2) is 78.9 Å². The molecule has 5 nitrogen and oxygen atoms in total. The molecular formula is C28H35N2O3P. The summed E-state index contributed by atoms with van der Waals surface area (Å²) < 4.78 is 27.6. The van der Waals surface area contributed by atoms with Gasteiger partial charge >= 0.3 is 0 Å². The largest absolute Gasteiger partial charge is 0.496 e. The van der Waals surface area contributed by atoms with E-state index >= 15 is 4.57 Å². The maximum absolute atomic E-state index is 15.2. The Morgan fingerprint density at radius 1 is 0.882 bits per heavy atom. The van der Waals surface area contributed by atoms with E-state index in [1.54, 1.807) is 7.11 Å². The zero-order valence-corrected chi connectivity index (χ0v) is 21.2. The van der Waals surface area contributed by atoms with E-state index < -0.39 is 13.2 Å². The normalized spacial score (nSPS) is 16.9. The van der Waals surface area contributed by atoms with Gasteiger partial charge in [-0.15, -0.1) is 0 Å². The smallest absolute Gasteiger partial charge is 0.258 e. The van der Waals surface area contributed by atoms with E-state index in [9.17, 15) is 0 Å². The monoisotopic (exact) mass is 478 g/mol. The van der Waals surface area contributed by atoms with Gasteiger partial charge in [0, 0.05) is 36.3 Å². The molecular weight excluding hydrogens is 443 g/mol. The maximum Gasteiger partial charge on any atom is 0.258 e. The molecule has 0 radical (unpaired) electrons. The van der Waals surface area contributed by atoms with Gasteiger partial charge in [-0.05, 0) is 55.3 Å². The number of benzene rings is 3. The lowest BCUT2D eigenvalue weighted by atomic mass is 9.98. The van der Waals surface area contributed by atoms with Crippen LogP contribution in [0.5, 0.6) is 5.75 Å². The van der Waals surface area contributed by atoms with Gasteiger partial charge in [-0.25, -0.2) is 0 Å². The molecule has 34 heavy (non-hydrogen) atoms. The number of para-hydroxylation sites is 2. The van der Waals surface area contributed by atoms with E-state index in [-0.39, 0.29) is 6.10 Å². The highest BCUT2D eigenvalue weighted by atomic mass is 31.2. The SMILES string of the molecule is COc1ccccc1C(Nc1ccccc1)P(=O)(OC1CCCCC1)c1ccc(N(C)C)cc1. The molecule has 3 aromatic rings. The summed E-state index contributed by atoms with van der Waals surface area (Å²) in [5.74, 6) is 0.0893. The molecule has 2 atom stereocenters. The predicted octanol–water partition coefficient (Wildman–Crippen LogP) is 6.82. The van der Waals surface area contributed by atoms with Crippen LogP contribution in [0.2, 0.25) is 0 Å². The third kappa shape index (κ3) is 5.48. The minimum absolute atomic E-state index is 0.0251. The summed E-state index contributed by atoms with van der Waals surface area (Å²) in [5.41, 5.74) is 2.76. The third-order valence-electron chi connectivity index (χ3n) is 6.43. The summed E-state index contributed by atoms with van der Waals surface area (Å²) in [6.45, 7) is 0. The van der Waals surface area contributed by atoms with Crippen molar-refractivity contribution in [2.45, 2.75) is 44.0 Å². The molecule has 1 N–H and O–H groups in total. The van der Waals surface area contributed by atoms with Crippen molar-refractivity contribution in [3.05, 3.63) is 84.4 Å². The van der Waals surface area contributed by atoms with Gasteiger partial charge in [0.1, 0.15) is 11.5 Å². The highest BCUT2D eigenvalue weighted by Crippen LogP contribution is 2.61. The fourth-order valence-electron chi connectivity index (χ4n) is 4.55. The molecule has 2 unspecified atom stereocenters. The summed E-state index contributed by atoms with van der Waals surface area (Å²) in [5, 5.41) is 4.27. The Balaban J connectivity index is 1.84. The molecule has 1 aliphatic rings. The Labute approximate surface area is 203 Å². The highest BCUT2D eigenvalue weighted by Gasteiger charge is 2.41. The van der Waals surface area contributed by atoms with E-state index in [1.807, 2.05) is 97.9 Å². The first-order valence-electron chi connectivity index (χ1n) is 12.0. The number of ether oxygens (including phenoxy) is 1. The fraction of sp³-hybridized carbons (Fsp3) is 0.357. The van der Waals surface area contributed by atoms with Gasteiger partial charge in [0.15, 0.2) is 0 Å². The first-order chi connectivity index (χ1) is 16.5. The second-order valence-corrected chi connectivity index (χ2v) is 11.5. The molecule has 0 heterocycles. The summed E-state index contributed by atoms with van der Waals surface area (Å²) in [7, 11) is 2.22. The van der Waals surface area contributed by atoms with Crippen LogP contribution in [0, 0.1) is 0 Å². The molecule has 1 fully saturated rings. The van der Waals surface area contributed by atoms with Crippen LogP contribution in [0.3, 0.4) is 0 Å². The molecule has 4 rings (SSSR count). The predicted molar refractivity (Wildman–Crippen MR) is 142 cm³/mol. The van der Waals surface area contributed by atoms with E-state index in [4.69, 9.17) is 9.26 Å². The van der Waals surface area contributed by atoms with Gasteiger partial charge in [-0.1, -0.05) is 55.7 Å². The van der Waals surface area contributed by atoms with Crippen LogP contribution < -0.4 is 20.3 Å².